The number of fused-ring (bicyclic) bond motifs is 1. The van der Waals surface area contributed by atoms with Crippen molar-refractivity contribution in [2.24, 2.45) is 5.10 Å². The molecule has 2 aliphatic heterocycles. The fraction of sp³-hybridized carbons (Fsp3) is 0.423. The third-order valence-electron chi connectivity index (χ3n) is 6.24. The lowest BCUT2D eigenvalue weighted by atomic mass is 9.94. The number of nitrogens with zero attached hydrogens (tertiary/aromatic N) is 3. The number of rotatable bonds is 6. The Morgan fingerprint density at radius 1 is 1.09 bits per heavy atom. The maximum absolute atomic E-state index is 12.5. The van der Waals surface area contributed by atoms with Gasteiger partial charge in [0.25, 0.3) is 0 Å². The molecule has 2 aromatic rings. The molecule has 186 valence electrons. The molecule has 1 unspecified atom stereocenters. The first-order valence-corrected chi connectivity index (χ1v) is 11.7. The molecule has 1 N–H and O–H groups in total. The normalized spacial score (nSPS) is 18.2. The van der Waals surface area contributed by atoms with E-state index in [4.69, 9.17) is 19.3 Å². The summed E-state index contributed by atoms with van der Waals surface area (Å²) in [6.45, 7) is 6.63. The van der Waals surface area contributed by atoms with Crippen LogP contribution in [0.1, 0.15) is 30.5 Å². The van der Waals surface area contributed by atoms with Gasteiger partial charge in [-0.3, -0.25) is 14.5 Å². The summed E-state index contributed by atoms with van der Waals surface area (Å²) in [5, 5.41) is 9.24. The minimum atomic E-state index is -0.131. The van der Waals surface area contributed by atoms with Gasteiger partial charge in [-0.2, -0.15) is 5.10 Å². The molecule has 2 aromatic carbocycles. The van der Waals surface area contributed by atoms with Gasteiger partial charge in [0.1, 0.15) is 0 Å². The van der Waals surface area contributed by atoms with Crippen molar-refractivity contribution in [3.8, 4) is 11.5 Å². The fourth-order valence-electron chi connectivity index (χ4n) is 4.44. The summed E-state index contributed by atoms with van der Waals surface area (Å²) in [4.78, 5) is 26.9. The van der Waals surface area contributed by atoms with Gasteiger partial charge in [0, 0.05) is 36.8 Å². The van der Waals surface area contributed by atoms with E-state index < -0.39 is 0 Å². The number of hydrogen-bond acceptors (Lipinski definition) is 7. The molecule has 0 saturated carbocycles. The maximum Gasteiger partial charge on any atom is 0.239 e. The molecule has 0 radical (unpaired) electrons. The largest absolute Gasteiger partial charge is 0.493 e. The molecular formula is C26H32N4O5. The van der Waals surface area contributed by atoms with Gasteiger partial charge in [-0.05, 0) is 43.2 Å². The molecule has 0 aromatic heterocycles. The first kappa shape index (κ1) is 24.7. The number of morpholine rings is 1. The number of anilines is 1. The van der Waals surface area contributed by atoms with Crippen LogP contribution < -0.4 is 14.8 Å². The molecule has 9 heteroatoms. The predicted octanol–water partition coefficient (Wildman–Crippen LogP) is 2.52. The predicted molar refractivity (Wildman–Crippen MR) is 133 cm³/mol. The zero-order valence-corrected chi connectivity index (χ0v) is 20.7. The van der Waals surface area contributed by atoms with Crippen molar-refractivity contribution >= 4 is 23.2 Å². The first-order valence-electron chi connectivity index (χ1n) is 11.7. The van der Waals surface area contributed by atoms with E-state index >= 15 is 0 Å². The van der Waals surface area contributed by atoms with Gasteiger partial charge in [-0.1, -0.05) is 12.1 Å². The minimum absolute atomic E-state index is 0.0646. The molecule has 9 nitrogen and oxygen atoms in total. The van der Waals surface area contributed by atoms with Crippen LogP contribution in [0.5, 0.6) is 11.5 Å². The number of ether oxygens (including phenoxy) is 3. The molecule has 1 saturated heterocycles. The standard InChI is InChI=1S/C26H32N4O5/c1-17-13-20-14-23(33-3)24(34-4)15-22(20)26(28-30(17)18(2)31)19-5-7-21(8-6-19)27-25(32)16-29-9-11-35-12-10-29/h5-8,14-15,17H,9-13,16H2,1-4H3,(H,27,32). The first-order chi connectivity index (χ1) is 16.9. The lowest BCUT2D eigenvalue weighted by molar-refractivity contribution is -0.130. The summed E-state index contributed by atoms with van der Waals surface area (Å²) >= 11 is 0. The van der Waals surface area contributed by atoms with E-state index in [-0.39, 0.29) is 17.9 Å². The van der Waals surface area contributed by atoms with Gasteiger partial charge in [0.15, 0.2) is 11.5 Å². The number of methoxy groups -OCH3 is 2. The molecular weight excluding hydrogens is 448 g/mol. The van der Waals surface area contributed by atoms with Crippen molar-refractivity contribution in [1.82, 2.24) is 9.91 Å². The van der Waals surface area contributed by atoms with Gasteiger partial charge >= 0.3 is 0 Å². The van der Waals surface area contributed by atoms with E-state index in [0.717, 1.165) is 29.8 Å². The second-order valence-electron chi connectivity index (χ2n) is 8.74. The number of nitrogens with one attached hydrogen (secondary N) is 1. The highest BCUT2D eigenvalue weighted by Crippen LogP contribution is 2.34. The number of carbonyl (C=O) groups excluding carboxylic acids is 2. The molecule has 0 aliphatic carbocycles. The van der Waals surface area contributed by atoms with Gasteiger partial charge in [-0.25, -0.2) is 5.01 Å². The second-order valence-corrected chi connectivity index (χ2v) is 8.74. The monoisotopic (exact) mass is 480 g/mol. The van der Waals surface area contributed by atoms with Crippen LogP contribution in [-0.4, -0.2) is 80.5 Å². The zero-order chi connectivity index (χ0) is 24.9. The Balaban J connectivity index is 1.63. The molecule has 0 bridgehead atoms. The summed E-state index contributed by atoms with van der Waals surface area (Å²) < 4.78 is 16.4. The van der Waals surface area contributed by atoms with E-state index in [1.165, 1.54) is 11.9 Å². The van der Waals surface area contributed by atoms with Gasteiger partial charge < -0.3 is 19.5 Å². The average Bonchev–Trinajstić information content (AvgIpc) is 2.99. The van der Waals surface area contributed by atoms with Crippen molar-refractivity contribution in [2.45, 2.75) is 26.3 Å². The molecule has 1 fully saturated rings. The third-order valence-corrected chi connectivity index (χ3v) is 6.24. The van der Waals surface area contributed by atoms with Crippen LogP contribution in [0.25, 0.3) is 0 Å². The summed E-state index contributed by atoms with van der Waals surface area (Å²) in [6.07, 6.45) is 0.623. The number of hydrogen-bond donors (Lipinski definition) is 1. The van der Waals surface area contributed by atoms with E-state index in [9.17, 15) is 9.59 Å². The quantitative estimate of drug-likeness (QED) is 0.683. The molecule has 2 heterocycles. The number of carbonyl (C=O) groups is 2. The summed E-state index contributed by atoms with van der Waals surface area (Å²) in [5.74, 6) is 1.03. The summed E-state index contributed by atoms with van der Waals surface area (Å²) in [6, 6.07) is 11.2. The fourth-order valence-corrected chi connectivity index (χ4v) is 4.44. The van der Waals surface area contributed by atoms with Crippen LogP contribution in [0.3, 0.4) is 0 Å². The minimum Gasteiger partial charge on any atom is -0.493 e. The molecule has 2 amide bonds. The Morgan fingerprint density at radius 3 is 2.37 bits per heavy atom. The van der Waals surface area contributed by atoms with Crippen molar-refractivity contribution in [3.63, 3.8) is 0 Å². The Kier molecular flexibility index (Phi) is 7.67. The second kappa shape index (κ2) is 10.9. The van der Waals surface area contributed by atoms with E-state index in [1.807, 2.05) is 43.3 Å². The summed E-state index contributed by atoms with van der Waals surface area (Å²) in [7, 11) is 3.20. The summed E-state index contributed by atoms with van der Waals surface area (Å²) in [5.41, 5.74) is 4.07. The van der Waals surface area contributed by atoms with Crippen molar-refractivity contribution in [2.75, 3.05) is 52.4 Å². The van der Waals surface area contributed by atoms with Crippen LogP contribution in [0.15, 0.2) is 41.5 Å². The average molecular weight is 481 g/mol. The maximum atomic E-state index is 12.5. The SMILES string of the molecule is COc1cc2c(cc1OC)C(c1ccc(NC(=O)CN3CCOCC3)cc1)=NN(C(C)=O)C(C)C2. The van der Waals surface area contributed by atoms with Crippen LogP contribution in [-0.2, 0) is 20.7 Å². The number of hydrazone groups is 1. The zero-order valence-electron chi connectivity index (χ0n) is 20.7. The molecule has 1 atom stereocenters. The van der Waals surface area contributed by atoms with Crippen LogP contribution in [0, 0.1) is 0 Å². The highest BCUT2D eigenvalue weighted by molar-refractivity contribution is 6.14. The number of benzene rings is 2. The van der Waals surface area contributed by atoms with Gasteiger partial charge in [-0.15, -0.1) is 0 Å². The molecule has 0 spiro atoms. The Bertz CT molecular complexity index is 1110. The van der Waals surface area contributed by atoms with Crippen molar-refractivity contribution in [1.29, 1.82) is 0 Å². The lowest BCUT2D eigenvalue weighted by Gasteiger charge is -2.25. The molecule has 2 aliphatic rings. The smallest absolute Gasteiger partial charge is 0.239 e. The van der Waals surface area contributed by atoms with Gasteiger partial charge in [0.2, 0.25) is 11.8 Å². The Labute approximate surface area is 205 Å². The molecule has 35 heavy (non-hydrogen) atoms. The Morgan fingerprint density at radius 2 is 1.74 bits per heavy atom. The van der Waals surface area contributed by atoms with Crippen molar-refractivity contribution in [3.05, 3.63) is 53.1 Å². The van der Waals surface area contributed by atoms with Crippen LogP contribution >= 0.6 is 0 Å². The molecule has 4 rings (SSSR count). The van der Waals surface area contributed by atoms with Crippen LogP contribution in [0.2, 0.25) is 0 Å². The lowest BCUT2D eigenvalue weighted by Crippen LogP contribution is -2.41. The highest BCUT2D eigenvalue weighted by atomic mass is 16.5. The van der Waals surface area contributed by atoms with E-state index in [1.54, 1.807) is 14.2 Å². The van der Waals surface area contributed by atoms with Gasteiger partial charge in [0.05, 0.1) is 45.7 Å². The van der Waals surface area contributed by atoms with E-state index in [0.29, 0.717) is 49.1 Å². The highest BCUT2D eigenvalue weighted by Gasteiger charge is 2.27. The van der Waals surface area contributed by atoms with Crippen LogP contribution in [0.4, 0.5) is 5.69 Å². The Hall–Kier alpha value is -3.43. The third kappa shape index (κ3) is 5.63. The number of amides is 2. The topological polar surface area (TPSA) is 92.7 Å². The van der Waals surface area contributed by atoms with E-state index in [2.05, 4.69) is 10.2 Å². The van der Waals surface area contributed by atoms with Crippen molar-refractivity contribution < 1.29 is 23.8 Å².